The van der Waals surface area contributed by atoms with E-state index >= 15 is 0 Å². The molecule has 3 heterocycles. The molecule has 1 aliphatic rings. The molecule has 0 bridgehead atoms. The van der Waals surface area contributed by atoms with E-state index in [-0.39, 0.29) is 5.56 Å². The number of carbonyl (C=O) groups excluding carboxylic acids is 1. The maximum atomic E-state index is 13.3. The number of fused-ring (bicyclic) bond motifs is 2. The Bertz CT molecular complexity index is 1630. The van der Waals surface area contributed by atoms with Crippen molar-refractivity contribution in [3.63, 3.8) is 0 Å². The molecule has 9 heteroatoms. The third kappa shape index (κ3) is 3.57. The molecule has 0 spiro atoms. The molecule has 7 nitrogen and oxygen atoms in total. The van der Waals surface area contributed by atoms with Crippen molar-refractivity contribution in [2.75, 3.05) is 11.9 Å². The Kier molecular flexibility index (Phi) is 5.18. The van der Waals surface area contributed by atoms with Crippen LogP contribution in [0.2, 0.25) is 0 Å². The Hall–Kier alpha value is -3.30. The average Bonchev–Trinajstić information content (AvgIpc) is 3.36. The van der Waals surface area contributed by atoms with Crippen LogP contribution in [-0.4, -0.2) is 17.6 Å². The summed E-state index contributed by atoms with van der Waals surface area (Å²) in [6, 6.07) is 11.9. The Morgan fingerprint density at radius 2 is 1.94 bits per heavy atom. The summed E-state index contributed by atoms with van der Waals surface area (Å²) in [4.78, 5) is 27.8. The molecule has 0 saturated carbocycles. The molecule has 168 valence electrons. The highest BCUT2D eigenvalue weighted by Gasteiger charge is 2.25. The van der Waals surface area contributed by atoms with Gasteiger partial charge in [0.25, 0.3) is 11.1 Å². The van der Waals surface area contributed by atoms with Gasteiger partial charge in [-0.3, -0.25) is 9.36 Å². The van der Waals surface area contributed by atoms with E-state index in [0.717, 1.165) is 37.8 Å². The molecule has 2 aromatic carbocycles. The van der Waals surface area contributed by atoms with Gasteiger partial charge in [0.1, 0.15) is 21.3 Å². The molecule has 0 saturated heterocycles. The Labute approximate surface area is 197 Å². The molecule has 0 atom stereocenters. The molecule has 0 fully saturated rings. The summed E-state index contributed by atoms with van der Waals surface area (Å²) in [5.41, 5.74) is 4.57. The van der Waals surface area contributed by atoms with Gasteiger partial charge in [0, 0.05) is 18.0 Å². The van der Waals surface area contributed by atoms with Crippen LogP contribution in [0, 0.1) is 13.8 Å². The van der Waals surface area contributed by atoms with Gasteiger partial charge in [-0.2, -0.15) is 4.57 Å². The molecular formula is C24H21N3O4S2. The van der Waals surface area contributed by atoms with Crippen molar-refractivity contribution < 1.29 is 18.9 Å². The SMILES string of the molecule is Cc1cc2oc(C=c3sc(=C4Sc5ccccc5N4C)c(=O)n3CC(=O)[O-])[n+](C)c2cc1C. The molecule has 0 N–H and O–H groups in total. The number of rotatable bonds is 3. The van der Waals surface area contributed by atoms with E-state index in [0.29, 0.717) is 15.1 Å². The van der Waals surface area contributed by atoms with Gasteiger partial charge < -0.3 is 19.2 Å². The maximum Gasteiger partial charge on any atom is 0.376 e. The summed E-state index contributed by atoms with van der Waals surface area (Å²) in [7, 11) is 3.79. The number of aromatic nitrogens is 2. The van der Waals surface area contributed by atoms with E-state index < -0.39 is 12.5 Å². The van der Waals surface area contributed by atoms with Gasteiger partial charge in [-0.1, -0.05) is 23.9 Å². The van der Waals surface area contributed by atoms with Crippen LogP contribution in [0.1, 0.15) is 17.0 Å². The Morgan fingerprint density at radius 1 is 1.21 bits per heavy atom. The standard InChI is InChI=1S/C24H21N3O4S2/c1-13-9-16-17(10-14(13)2)31-19(25(16)3)11-20-27(12-21(28)29)23(30)22(33-20)24-26(4)15-7-5-6-8-18(15)32-24/h5-11H,12H2,1-4H3. The second kappa shape index (κ2) is 7.93. The van der Waals surface area contributed by atoms with E-state index in [2.05, 4.69) is 6.07 Å². The monoisotopic (exact) mass is 479 g/mol. The molecule has 1 aliphatic heterocycles. The lowest BCUT2D eigenvalue weighted by Crippen LogP contribution is -2.40. The molecule has 4 aromatic rings. The zero-order valence-electron chi connectivity index (χ0n) is 18.5. The molecule has 0 radical (unpaired) electrons. The first-order chi connectivity index (χ1) is 15.7. The summed E-state index contributed by atoms with van der Waals surface area (Å²) >= 11 is 2.75. The summed E-state index contributed by atoms with van der Waals surface area (Å²) in [6.07, 6.45) is 1.72. The third-order valence-corrected chi connectivity index (χ3v) is 8.35. The number of carboxylic acid groups (broad SMARTS) is 1. The highest BCUT2D eigenvalue weighted by molar-refractivity contribution is 8.08. The zero-order chi connectivity index (χ0) is 23.4. The van der Waals surface area contributed by atoms with Gasteiger partial charge in [-0.15, -0.1) is 11.3 Å². The van der Waals surface area contributed by atoms with Gasteiger partial charge in [0.05, 0.1) is 24.3 Å². The van der Waals surface area contributed by atoms with Crippen molar-refractivity contribution in [3.05, 3.63) is 73.0 Å². The predicted molar refractivity (Wildman–Crippen MR) is 127 cm³/mol. The van der Waals surface area contributed by atoms with Crippen LogP contribution in [0.15, 0.2) is 50.5 Å². The normalized spacial score (nSPS) is 15.5. The highest BCUT2D eigenvalue weighted by Crippen LogP contribution is 2.44. The van der Waals surface area contributed by atoms with Crippen LogP contribution < -0.4 is 29.3 Å². The Balaban J connectivity index is 1.75. The molecule has 0 aliphatic carbocycles. The van der Waals surface area contributed by atoms with Crippen molar-refractivity contribution in [1.29, 1.82) is 0 Å². The molecule has 33 heavy (non-hydrogen) atoms. The maximum absolute atomic E-state index is 13.3. The van der Waals surface area contributed by atoms with Crippen LogP contribution in [-0.2, 0) is 18.4 Å². The number of thioether (sulfide) groups is 1. The van der Waals surface area contributed by atoms with Gasteiger partial charge in [-0.25, -0.2) is 0 Å². The van der Waals surface area contributed by atoms with Crippen LogP contribution in [0.25, 0.3) is 22.2 Å². The topological polar surface area (TPSA) is 82.4 Å². The van der Waals surface area contributed by atoms with Gasteiger partial charge in [0.15, 0.2) is 0 Å². The summed E-state index contributed by atoms with van der Waals surface area (Å²) < 4.78 is 10.2. The van der Waals surface area contributed by atoms with E-state index in [9.17, 15) is 14.7 Å². The molecule has 5 rings (SSSR count). The number of nitrogens with zero attached hydrogens (tertiary/aromatic N) is 3. The molecular weight excluding hydrogens is 458 g/mol. The minimum absolute atomic E-state index is 0.358. The lowest BCUT2D eigenvalue weighted by molar-refractivity contribution is -0.652. The highest BCUT2D eigenvalue weighted by atomic mass is 32.2. The number of carbonyl (C=O) groups is 1. The fourth-order valence-electron chi connectivity index (χ4n) is 3.90. The number of hydrogen-bond donors (Lipinski definition) is 0. The number of hydrogen-bond acceptors (Lipinski definition) is 7. The number of oxazole rings is 1. The van der Waals surface area contributed by atoms with Gasteiger partial charge in [-0.05, 0) is 43.2 Å². The summed E-state index contributed by atoms with van der Waals surface area (Å²) in [5.74, 6) is -0.798. The number of aliphatic carboxylic acids is 1. The number of thiazole rings is 1. The second-order valence-corrected chi connectivity index (χ2v) is 10.1. The van der Waals surface area contributed by atoms with E-state index in [4.69, 9.17) is 4.42 Å². The minimum Gasteiger partial charge on any atom is -0.548 e. The zero-order valence-corrected chi connectivity index (χ0v) is 20.2. The average molecular weight is 480 g/mol. The van der Waals surface area contributed by atoms with Crippen LogP contribution in [0.5, 0.6) is 0 Å². The quantitative estimate of drug-likeness (QED) is 0.408. The lowest BCUT2D eigenvalue weighted by Gasteiger charge is -2.11. The van der Waals surface area contributed by atoms with Crippen molar-refractivity contribution in [2.24, 2.45) is 7.05 Å². The Morgan fingerprint density at radius 3 is 2.67 bits per heavy atom. The van der Waals surface area contributed by atoms with E-state index in [1.807, 2.05) is 67.7 Å². The number of benzene rings is 2. The number of para-hydroxylation sites is 1. The second-order valence-electron chi connectivity index (χ2n) is 8.01. The van der Waals surface area contributed by atoms with E-state index in [1.165, 1.54) is 27.7 Å². The molecule has 0 unspecified atom stereocenters. The van der Waals surface area contributed by atoms with E-state index in [1.54, 1.807) is 6.08 Å². The number of anilines is 1. The largest absolute Gasteiger partial charge is 0.548 e. The smallest absolute Gasteiger partial charge is 0.376 e. The van der Waals surface area contributed by atoms with Crippen molar-refractivity contribution >= 4 is 57.0 Å². The van der Waals surface area contributed by atoms with Crippen molar-refractivity contribution in [3.8, 4) is 0 Å². The first-order valence-electron chi connectivity index (χ1n) is 10.3. The minimum atomic E-state index is -1.32. The van der Waals surface area contributed by atoms with Crippen LogP contribution >= 0.6 is 23.1 Å². The predicted octanol–water partition coefficient (Wildman–Crippen LogP) is 0.984. The summed E-state index contributed by atoms with van der Waals surface area (Å²) in [5, 5.41) is 12.2. The molecule has 0 amide bonds. The van der Waals surface area contributed by atoms with Crippen LogP contribution in [0.3, 0.4) is 0 Å². The fourth-order valence-corrected chi connectivity index (χ4v) is 6.28. The van der Waals surface area contributed by atoms with Gasteiger partial charge >= 0.3 is 5.89 Å². The molecule has 2 aromatic heterocycles. The fraction of sp³-hybridized carbons (Fsp3) is 0.208. The lowest BCUT2D eigenvalue weighted by atomic mass is 10.1. The third-order valence-electron chi connectivity index (χ3n) is 5.86. The first-order valence-corrected chi connectivity index (χ1v) is 11.9. The van der Waals surface area contributed by atoms with Gasteiger partial charge in [0.2, 0.25) is 5.58 Å². The van der Waals surface area contributed by atoms with Crippen molar-refractivity contribution in [2.45, 2.75) is 25.3 Å². The number of aryl methyl sites for hydroxylation is 3. The number of carboxylic acids is 1. The van der Waals surface area contributed by atoms with Crippen molar-refractivity contribution in [1.82, 2.24) is 4.57 Å². The first kappa shape index (κ1) is 21.5. The van der Waals surface area contributed by atoms with Crippen LogP contribution in [0.4, 0.5) is 5.69 Å². The summed E-state index contributed by atoms with van der Waals surface area (Å²) in [6.45, 7) is 3.53.